The van der Waals surface area contributed by atoms with Crippen LogP contribution in [-0.2, 0) is 6.42 Å². The van der Waals surface area contributed by atoms with E-state index in [0.717, 1.165) is 12.2 Å². The Balaban J connectivity index is 0.00000264. The number of nitrogens with two attached hydrogens (primary N) is 1. The fraction of sp³-hybridized carbons (Fsp3) is 0.611. The van der Waals surface area contributed by atoms with Gasteiger partial charge in [0.05, 0.1) is 6.61 Å². The number of aliphatic imine (C=N–C) groups is 1. The summed E-state index contributed by atoms with van der Waals surface area (Å²) in [6.07, 6.45) is 8.62. The van der Waals surface area contributed by atoms with Crippen molar-refractivity contribution in [2.24, 2.45) is 10.7 Å². The summed E-state index contributed by atoms with van der Waals surface area (Å²) < 4.78 is 5.51. The number of nitrogens with one attached hydrogen (secondary N) is 1. The largest absolute Gasteiger partial charge is 0.494 e. The average molecular weight is 431 g/mol. The summed E-state index contributed by atoms with van der Waals surface area (Å²) in [4.78, 5) is 4.46. The maximum absolute atomic E-state index is 6.01. The second-order valence-electron chi connectivity index (χ2n) is 5.93. The van der Waals surface area contributed by atoms with Crippen molar-refractivity contribution in [3.8, 4) is 5.75 Å². The van der Waals surface area contributed by atoms with Gasteiger partial charge >= 0.3 is 0 Å². The van der Waals surface area contributed by atoms with Gasteiger partial charge in [0.25, 0.3) is 0 Å². The molecule has 0 bridgehead atoms. The molecule has 23 heavy (non-hydrogen) atoms. The number of hydrogen-bond acceptors (Lipinski definition) is 2. The molecule has 0 radical (unpaired) electrons. The first-order valence-corrected chi connectivity index (χ1v) is 8.56. The molecule has 130 valence electrons. The van der Waals surface area contributed by atoms with Gasteiger partial charge < -0.3 is 15.8 Å². The summed E-state index contributed by atoms with van der Waals surface area (Å²) in [7, 11) is 0. The summed E-state index contributed by atoms with van der Waals surface area (Å²) in [6, 6.07) is 8.70. The minimum Gasteiger partial charge on any atom is -0.494 e. The number of halogens is 1. The van der Waals surface area contributed by atoms with E-state index in [1.165, 1.54) is 44.1 Å². The zero-order valence-corrected chi connectivity index (χ0v) is 16.4. The van der Waals surface area contributed by atoms with Gasteiger partial charge in [-0.15, -0.1) is 24.0 Å². The third kappa shape index (κ3) is 7.90. The van der Waals surface area contributed by atoms with Crippen LogP contribution in [0, 0.1) is 0 Å². The van der Waals surface area contributed by atoms with Crippen LogP contribution in [0.1, 0.15) is 51.0 Å². The summed E-state index contributed by atoms with van der Waals surface area (Å²) in [5, 5.41) is 3.38. The van der Waals surface area contributed by atoms with E-state index in [9.17, 15) is 0 Å². The predicted octanol–water partition coefficient (Wildman–Crippen LogP) is 3.87. The van der Waals surface area contributed by atoms with Gasteiger partial charge in [0, 0.05) is 12.6 Å². The maximum atomic E-state index is 6.01. The third-order valence-corrected chi connectivity index (χ3v) is 4.10. The summed E-state index contributed by atoms with van der Waals surface area (Å²) >= 11 is 0. The molecule has 0 spiro atoms. The van der Waals surface area contributed by atoms with E-state index in [1.807, 2.05) is 19.1 Å². The zero-order valence-electron chi connectivity index (χ0n) is 14.1. The molecule has 1 aromatic rings. The topological polar surface area (TPSA) is 59.6 Å². The Bertz CT molecular complexity index is 471. The highest BCUT2D eigenvalue weighted by atomic mass is 127. The van der Waals surface area contributed by atoms with Crippen molar-refractivity contribution >= 4 is 29.9 Å². The first-order chi connectivity index (χ1) is 10.8. The van der Waals surface area contributed by atoms with Crippen molar-refractivity contribution in [1.29, 1.82) is 0 Å². The number of guanidine groups is 1. The van der Waals surface area contributed by atoms with Crippen LogP contribution < -0.4 is 15.8 Å². The Labute approximate surface area is 157 Å². The van der Waals surface area contributed by atoms with E-state index in [4.69, 9.17) is 10.5 Å². The van der Waals surface area contributed by atoms with Gasteiger partial charge in [-0.1, -0.05) is 37.8 Å². The monoisotopic (exact) mass is 431 g/mol. The molecule has 0 aliphatic heterocycles. The van der Waals surface area contributed by atoms with Crippen LogP contribution in [0.5, 0.6) is 5.75 Å². The van der Waals surface area contributed by atoms with Crippen LogP contribution in [0.4, 0.5) is 0 Å². The Kier molecular flexibility index (Phi) is 10.1. The Morgan fingerprint density at radius 1 is 1.26 bits per heavy atom. The van der Waals surface area contributed by atoms with Crippen LogP contribution >= 0.6 is 24.0 Å². The van der Waals surface area contributed by atoms with Crippen molar-refractivity contribution < 1.29 is 4.74 Å². The highest BCUT2D eigenvalue weighted by Gasteiger charge is 2.12. The summed E-state index contributed by atoms with van der Waals surface area (Å²) in [6.45, 7) is 3.40. The van der Waals surface area contributed by atoms with Crippen molar-refractivity contribution in [2.75, 3.05) is 13.2 Å². The van der Waals surface area contributed by atoms with Crippen molar-refractivity contribution in [1.82, 2.24) is 5.32 Å². The zero-order chi connectivity index (χ0) is 15.6. The Hall–Kier alpha value is -0.980. The van der Waals surface area contributed by atoms with Crippen LogP contribution in [0.15, 0.2) is 29.3 Å². The molecule has 1 aromatic carbocycles. The lowest BCUT2D eigenvalue weighted by Crippen LogP contribution is -2.40. The molecule has 1 aliphatic carbocycles. The molecule has 0 unspecified atom stereocenters. The molecule has 1 saturated carbocycles. The van der Waals surface area contributed by atoms with Crippen LogP contribution in [0.25, 0.3) is 0 Å². The standard InChI is InChI=1S/C18H29N3O.HI/c1-2-22-17-11-7-8-15(14-17)12-13-20-18(19)21-16-9-5-3-4-6-10-16;/h7-8,11,14,16H,2-6,9-10,12-13H2,1H3,(H3,19,20,21);1H. The molecule has 3 N–H and O–H groups in total. The molecule has 1 fully saturated rings. The highest BCUT2D eigenvalue weighted by molar-refractivity contribution is 14.0. The number of rotatable bonds is 6. The van der Waals surface area contributed by atoms with E-state index in [2.05, 4.69) is 22.4 Å². The molecule has 2 rings (SSSR count). The molecule has 4 nitrogen and oxygen atoms in total. The number of nitrogens with zero attached hydrogens (tertiary/aromatic N) is 1. The van der Waals surface area contributed by atoms with E-state index >= 15 is 0 Å². The van der Waals surface area contributed by atoms with E-state index in [0.29, 0.717) is 25.2 Å². The Morgan fingerprint density at radius 3 is 2.70 bits per heavy atom. The predicted molar refractivity (Wildman–Crippen MR) is 108 cm³/mol. The first-order valence-electron chi connectivity index (χ1n) is 8.56. The fourth-order valence-electron chi connectivity index (χ4n) is 2.94. The molecule has 0 saturated heterocycles. The summed E-state index contributed by atoms with van der Waals surface area (Å²) in [5.74, 6) is 1.52. The van der Waals surface area contributed by atoms with Gasteiger partial charge in [-0.05, 0) is 43.9 Å². The minimum absolute atomic E-state index is 0. The van der Waals surface area contributed by atoms with E-state index in [-0.39, 0.29) is 24.0 Å². The quantitative estimate of drug-likeness (QED) is 0.311. The van der Waals surface area contributed by atoms with Crippen molar-refractivity contribution in [3.05, 3.63) is 29.8 Å². The van der Waals surface area contributed by atoms with Gasteiger partial charge in [-0.25, -0.2) is 0 Å². The van der Waals surface area contributed by atoms with Crippen molar-refractivity contribution in [2.45, 2.75) is 57.9 Å². The molecular formula is C18H30IN3O. The minimum atomic E-state index is 0. The molecule has 0 aromatic heterocycles. The van der Waals surface area contributed by atoms with Gasteiger partial charge in [-0.2, -0.15) is 0 Å². The lowest BCUT2D eigenvalue weighted by Gasteiger charge is -2.16. The van der Waals surface area contributed by atoms with Gasteiger partial charge in [0.1, 0.15) is 5.75 Å². The SMILES string of the molecule is CCOc1cccc(CCN=C(N)NC2CCCCCC2)c1.I. The highest BCUT2D eigenvalue weighted by Crippen LogP contribution is 2.17. The van der Waals surface area contributed by atoms with Crippen LogP contribution in [0.3, 0.4) is 0 Å². The van der Waals surface area contributed by atoms with Gasteiger partial charge in [0.2, 0.25) is 0 Å². The molecule has 0 heterocycles. The Morgan fingerprint density at radius 2 is 2.00 bits per heavy atom. The number of hydrogen-bond donors (Lipinski definition) is 2. The van der Waals surface area contributed by atoms with E-state index in [1.54, 1.807) is 0 Å². The first kappa shape index (κ1) is 20.1. The molecule has 0 atom stereocenters. The second-order valence-corrected chi connectivity index (χ2v) is 5.93. The third-order valence-electron chi connectivity index (χ3n) is 4.10. The smallest absolute Gasteiger partial charge is 0.188 e. The lowest BCUT2D eigenvalue weighted by molar-refractivity contribution is 0.340. The number of ether oxygens (including phenoxy) is 1. The molecule has 0 amide bonds. The lowest BCUT2D eigenvalue weighted by atomic mass is 10.1. The summed E-state index contributed by atoms with van der Waals surface area (Å²) in [5.41, 5.74) is 7.24. The van der Waals surface area contributed by atoms with Crippen molar-refractivity contribution in [3.63, 3.8) is 0 Å². The van der Waals surface area contributed by atoms with E-state index < -0.39 is 0 Å². The van der Waals surface area contributed by atoms with Crippen LogP contribution in [-0.4, -0.2) is 25.2 Å². The molecular weight excluding hydrogens is 401 g/mol. The average Bonchev–Trinajstić information content (AvgIpc) is 2.77. The van der Waals surface area contributed by atoms with Gasteiger partial charge in [0.15, 0.2) is 5.96 Å². The normalized spacial score (nSPS) is 16.3. The molecule has 1 aliphatic rings. The fourth-order valence-corrected chi connectivity index (χ4v) is 2.94. The number of benzene rings is 1. The van der Waals surface area contributed by atoms with Gasteiger partial charge in [-0.3, -0.25) is 4.99 Å². The maximum Gasteiger partial charge on any atom is 0.188 e. The second kappa shape index (κ2) is 11.5. The van der Waals surface area contributed by atoms with Crippen LogP contribution in [0.2, 0.25) is 0 Å². The molecule has 5 heteroatoms.